The van der Waals surface area contributed by atoms with E-state index in [9.17, 15) is 0 Å². The first-order chi connectivity index (χ1) is 13.1. The maximum atomic E-state index is 4.36. The van der Waals surface area contributed by atoms with Crippen LogP contribution in [0.4, 0.5) is 0 Å². The van der Waals surface area contributed by atoms with Gasteiger partial charge in [-0.2, -0.15) is 0 Å². The van der Waals surface area contributed by atoms with Crippen molar-refractivity contribution in [2.75, 3.05) is 20.1 Å². The number of aromatic nitrogens is 3. The molecule has 0 amide bonds. The van der Waals surface area contributed by atoms with Crippen molar-refractivity contribution in [1.82, 2.24) is 30.3 Å². The van der Waals surface area contributed by atoms with E-state index >= 15 is 0 Å². The van der Waals surface area contributed by atoms with Crippen LogP contribution in [-0.2, 0) is 13.6 Å². The van der Waals surface area contributed by atoms with Crippen molar-refractivity contribution in [2.24, 2.45) is 12.0 Å². The van der Waals surface area contributed by atoms with Gasteiger partial charge in [0.1, 0.15) is 5.82 Å². The van der Waals surface area contributed by atoms with Gasteiger partial charge in [0.25, 0.3) is 0 Å². The second-order valence-electron chi connectivity index (χ2n) is 7.19. The van der Waals surface area contributed by atoms with Gasteiger partial charge in [-0.15, -0.1) is 34.2 Å². The fraction of sp³-hybridized carbons (Fsp3) is 0.550. The molecule has 0 saturated carbocycles. The van der Waals surface area contributed by atoms with Crippen LogP contribution in [0.5, 0.6) is 0 Å². The van der Waals surface area contributed by atoms with Crippen molar-refractivity contribution in [1.29, 1.82) is 0 Å². The predicted molar refractivity (Wildman–Crippen MR) is 124 cm³/mol. The number of nitrogens with one attached hydrogen (secondary N) is 2. The predicted octanol–water partition coefficient (Wildman–Crippen LogP) is 2.63. The number of benzene rings is 1. The highest BCUT2D eigenvalue weighted by atomic mass is 127. The third-order valence-corrected chi connectivity index (χ3v) is 5.52. The number of guanidine groups is 1. The summed E-state index contributed by atoms with van der Waals surface area (Å²) in [6.07, 6.45) is 2.22. The molecule has 0 radical (unpaired) electrons. The Bertz CT molecular complexity index is 751. The molecule has 2 N–H and O–H groups in total. The molecule has 0 bridgehead atoms. The Morgan fingerprint density at radius 2 is 1.89 bits per heavy atom. The maximum absolute atomic E-state index is 4.36. The smallest absolute Gasteiger partial charge is 0.191 e. The number of halogens is 1. The van der Waals surface area contributed by atoms with Gasteiger partial charge in [0.2, 0.25) is 0 Å². The molecule has 3 rings (SSSR count). The van der Waals surface area contributed by atoms with E-state index in [2.05, 4.69) is 68.0 Å². The molecule has 7 nitrogen and oxygen atoms in total. The highest BCUT2D eigenvalue weighted by Crippen LogP contribution is 2.23. The summed E-state index contributed by atoms with van der Waals surface area (Å²) < 4.78 is 1.99. The molecule has 2 aromatic rings. The highest BCUT2D eigenvalue weighted by molar-refractivity contribution is 14.0. The van der Waals surface area contributed by atoms with Crippen molar-refractivity contribution >= 4 is 29.9 Å². The third kappa shape index (κ3) is 5.66. The molecule has 0 spiro atoms. The second kappa shape index (κ2) is 10.8. The summed E-state index contributed by atoms with van der Waals surface area (Å²) in [4.78, 5) is 6.92. The lowest BCUT2D eigenvalue weighted by Crippen LogP contribution is -2.49. The van der Waals surface area contributed by atoms with Crippen LogP contribution < -0.4 is 10.6 Å². The van der Waals surface area contributed by atoms with E-state index in [1.54, 1.807) is 0 Å². The van der Waals surface area contributed by atoms with Gasteiger partial charge in [-0.25, -0.2) is 0 Å². The molecule has 1 fully saturated rings. The van der Waals surface area contributed by atoms with Crippen LogP contribution in [0.2, 0.25) is 0 Å². The van der Waals surface area contributed by atoms with Crippen LogP contribution in [-0.4, -0.2) is 51.8 Å². The molecule has 1 atom stereocenters. The molecule has 2 heterocycles. The van der Waals surface area contributed by atoms with E-state index in [4.69, 9.17) is 0 Å². The highest BCUT2D eigenvalue weighted by Gasteiger charge is 2.24. The molecule has 8 heteroatoms. The van der Waals surface area contributed by atoms with E-state index in [0.29, 0.717) is 18.6 Å². The zero-order chi connectivity index (χ0) is 19.2. The maximum Gasteiger partial charge on any atom is 0.191 e. The first-order valence-corrected chi connectivity index (χ1v) is 9.69. The molecule has 1 aliphatic rings. The molecular formula is C20H32IN7. The summed E-state index contributed by atoms with van der Waals surface area (Å²) in [7, 11) is 3.79. The number of nitrogens with zero attached hydrogens (tertiary/aromatic N) is 5. The molecular weight excluding hydrogens is 465 g/mol. The minimum Gasteiger partial charge on any atom is -0.354 e. The van der Waals surface area contributed by atoms with Gasteiger partial charge in [0.15, 0.2) is 11.8 Å². The average Bonchev–Trinajstić information content (AvgIpc) is 3.03. The second-order valence-corrected chi connectivity index (χ2v) is 7.19. The molecule has 1 unspecified atom stereocenters. The van der Waals surface area contributed by atoms with E-state index < -0.39 is 0 Å². The summed E-state index contributed by atoms with van der Waals surface area (Å²) in [5, 5.41) is 15.2. The van der Waals surface area contributed by atoms with E-state index in [1.807, 2.05) is 25.6 Å². The zero-order valence-electron chi connectivity index (χ0n) is 17.2. The summed E-state index contributed by atoms with van der Waals surface area (Å²) in [6, 6.07) is 11.7. The topological polar surface area (TPSA) is 70.4 Å². The van der Waals surface area contributed by atoms with Crippen molar-refractivity contribution in [2.45, 2.75) is 45.3 Å². The first kappa shape index (κ1) is 22.6. The first-order valence-electron chi connectivity index (χ1n) is 9.69. The quantitative estimate of drug-likeness (QED) is 0.378. The Morgan fingerprint density at radius 1 is 1.21 bits per heavy atom. The fourth-order valence-electron chi connectivity index (χ4n) is 3.53. The van der Waals surface area contributed by atoms with Gasteiger partial charge < -0.3 is 15.2 Å². The molecule has 0 aliphatic carbocycles. The van der Waals surface area contributed by atoms with Crippen LogP contribution in [0, 0.1) is 6.92 Å². The largest absolute Gasteiger partial charge is 0.354 e. The van der Waals surface area contributed by atoms with Gasteiger partial charge in [-0.05, 0) is 32.3 Å². The van der Waals surface area contributed by atoms with Crippen molar-refractivity contribution in [3.05, 3.63) is 47.5 Å². The number of aryl methyl sites for hydroxylation is 1. The number of piperidine rings is 1. The Kier molecular flexibility index (Phi) is 8.68. The van der Waals surface area contributed by atoms with E-state index in [0.717, 1.165) is 43.5 Å². The summed E-state index contributed by atoms with van der Waals surface area (Å²) in [5.74, 6) is 2.64. The Morgan fingerprint density at radius 3 is 2.46 bits per heavy atom. The van der Waals surface area contributed by atoms with E-state index in [1.165, 1.54) is 5.56 Å². The SMILES string of the molecule is CN=C(NCc1nnc(C)n1C)NC1CCN(C(C)c2ccccc2)CC1.I. The molecule has 1 aromatic heterocycles. The minimum absolute atomic E-state index is 0. The van der Waals surface area contributed by atoms with E-state index in [-0.39, 0.29) is 24.0 Å². The molecule has 1 aliphatic heterocycles. The van der Waals surface area contributed by atoms with Gasteiger partial charge >= 0.3 is 0 Å². The minimum atomic E-state index is 0. The molecule has 1 aromatic carbocycles. The van der Waals surface area contributed by atoms with Crippen LogP contribution in [0.25, 0.3) is 0 Å². The van der Waals surface area contributed by atoms with Crippen LogP contribution >= 0.6 is 24.0 Å². The third-order valence-electron chi connectivity index (χ3n) is 5.52. The van der Waals surface area contributed by atoms with Gasteiger partial charge in [0, 0.05) is 39.3 Å². The Balaban J connectivity index is 0.00000280. The average molecular weight is 497 g/mol. The van der Waals surface area contributed by atoms with Gasteiger partial charge in [-0.1, -0.05) is 30.3 Å². The van der Waals surface area contributed by atoms with Crippen molar-refractivity contribution in [3.63, 3.8) is 0 Å². The Labute approximate surface area is 185 Å². The number of hydrogen-bond donors (Lipinski definition) is 2. The van der Waals surface area contributed by atoms with Crippen molar-refractivity contribution < 1.29 is 0 Å². The standard InChI is InChI=1S/C20H31N7.HI/c1-15(17-8-6-5-7-9-17)27-12-10-18(11-13-27)23-20(21-3)22-14-19-25-24-16(2)26(19)4;/h5-9,15,18H,10-14H2,1-4H3,(H2,21,22,23);1H. The Hall–Kier alpha value is -1.68. The molecule has 154 valence electrons. The summed E-state index contributed by atoms with van der Waals surface area (Å²) in [6.45, 7) is 7.04. The molecule has 28 heavy (non-hydrogen) atoms. The van der Waals surface area contributed by atoms with Crippen LogP contribution in [0.1, 0.15) is 43.0 Å². The lowest BCUT2D eigenvalue weighted by molar-refractivity contribution is 0.158. The number of likely N-dealkylation sites (tertiary alicyclic amines) is 1. The van der Waals surface area contributed by atoms with Gasteiger partial charge in [0.05, 0.1) is 6.54 Å². The van der Waals surface area contributed by atoms with Crippen LogP contribution in [0.15, 0.2) is 35.3 Å². The summed E-state index contributed by atoms with van der Waals surface area (Å²) >= 11 is 0. The monoisotopic (exact) mass is 497 g/mol. The lowest BCUT2D eigenvalue weighted by atomic mass is 10.0. The summed E-state index contributed by atoms with van der Waals surface area (Å²) in [5.41, 5.74) is 1.39. The van der Waals surface area contributed by atoms with Crippen LogP contribution in [0.3, 0.4) is 0 Å². The molecule has 1 saturated heterocycles. The lowest BCUT2D eigenvalue weighted by Gasteiger charge is -2.37. The van der Waals surface area contributed by atoms with Gasteiger partial charge in [-0.3, -0.25) is 9.89 Å². The number of hydrogen-bond acceptors (Lipinski definition) is 4. The zero-order valence-corrected chi connectivity index (χ0v) is 19.6. The fourth-order valence-corrected chi connectivity index (χ4v) is 3.53. The van der Waals surface area contributed by atoms with Crippen molar-refractivity contribution in [3.8, 4) is 0 Å². The number of aliphatic imine (C=N–C) groups is 1. The normalized spacial score (nSPS) is 17.1. The number of rotatable bonds is 5.